The van der Waals surface area contributed by atoms with Crippen LogP contribution in [0.5, 0.6) is 0 Å². The largest absolute Gasteiger partial charge is 0.0843 e. The average molecular weight is 710 g/mol. The van der Waals surface area contributed by atoms with Crippen LogP contribution in [-0.4, -0.2) is 0 Å². The molecule has 51 heavy (non-hydrogen) atoms. The van der Waals surface area contributed by atoms with E-state index in [-0.39, 0.29) is 0 Å². The number of rotatable bonds is 3. The van der Waals surface area contributed by atoms with Gasteiger partial charge in [0.05, 0.1) is 0 Å². The van der Waals surface area contributed by atoms with Crippen LogP contribution in [0.25, 0.3) is 33.4 Å². The number of halogens is 3. The Morgan fingerprint density at radius 2 is 0.392 bits per heavy atom. The first kappa shape index (κ1) is 33.6. The minimum atomic E-state index is 0.698. The average Bonchev–Trinajstić information content (AvgIpc) is 3.18. The van der Waals surface area contributed by atoms with E-state index in [1.165, 1.54) is 0 Å². The fraction of sp³-hybridized carbons (Fsp3) is 0. The lowest BCUT2D eigenvalue weighted by Crippen LogP contribution is -1.87. The molecule has 3 heteroatoms. The minimum absolute atomic E-state index is 0.698. The highest BCUT2D eigenvalue weighted by Crippen LogP contribution is 2.33. The molecule has 0 aliphatic carbocycles. The van der Waals surface area contributed by atoms with Crippen molar-refractivity contribution in [2.75, 3.05) is 0 Å². The summed E-state index contributed by atoms with van der Waals surface area (Å²) in [5.41, 5.74) is 12.2. The molecule has 0 bridgehead atoms. The molecule has 7 aromatic carbocycles. The number of hydrogen-bond donors (Lipinski definition) is 0. The highest BCUT2D eigenvalue weighted by atomic mass is 35.5. The molecule has 0 radical (unpaired) electrons. The maximum Gasteiger partial charge on any atom is 0.0406 e. The highest BCUT2D eigenvalue weighted by Gasteiger charge is 2.08. The van der Waals surface area contributed by atoms with Crippen molar-refractivity contribution in [2.24, 2.45) is 0 Å². The van der Waals surface area contributed by atoms with Gasteiger partial charge in [0.25, 0.3) is 0 Å². The van der Waals surface area contributed by atoms with Crippen molar-refractivity contribution >= 4 is 34.8 Å². The molecule has 0 aromatic heterocycles. The van der Waals surface area contributed by atoms with Crippen LogP contribution in [0.1, 0.15) is 33.4 Å². The Labute approximate surface area is 314 Å². The summed E-state index contributed by atoms with van der Waals surface area (Å²) in [6, 6.07) is 54.5. The lowest BCUT2D eigenvalue weighted by Gasteiger charge is -2.12. The third-order valence-corrected chi connectivity index (χ3v) is 8.93. The molecule has 0 aliphatic heterocycles. The Morgan fingerprint density at radius 3 is 0.588 bits per heavy atom. The molecule has 0 aliphatic rings. The molecular formula is C48H27Cl3. The number of hydrogen-bond acceptors (Lipinski definition) is 0. The summed E-state index contributed by atoms with van der Waals surface area (Å²) in [6.07, 6.45) is 0. The van der Waals surface area contributed by atoms with Gasteiger partial charge in [0.2, 0.25) is 0 Å². The zero-order valence-electron chi connectivity index (χ0n) is 27.2. The molecule has 0 saturated heterocycles. The zero-order chi connectivity index (χ0) is 35.0. The van der Waals surface area contributed by atoms with E-state index in [0.717, 1.165) is 66.8 Å². The van der Waals surface area contributed by atoms with Crippen molar-refractivity contribution < 1.29 is 0 Å². The van der Waals surface area contributed by atoms with Crippen molar-refractivity contribution in [3.63, 3.8) is 0 Å². The normalized spacial score (nSPS) is 10.2. The lowest BCUT2D eigenvalue weighted by atomic mass is 9.92. The monoisotopic (exact) mass is 708 g/mol. The van der Waals surface area contributed by atoms with Gasteiger partial charge in [0.15, 0.2) is 0 Å². The standard InChI is InChI=1S/C48H27Cl3/c49-46-25-13-37(14-26-46)4-1-34-7-19-40(20-8-34)43-31-44(41-21-9-35(10-22-41)2-5-38-15-27-47(50)28-16-38)33-45(32-43)42-23-11-36(12-24-42)3-6-39-17-29-48(51)30-18-39/h7-33H. The molecule has 0 amide bonds. The molecular weight excluding hydrogens is 683 g/mol. The van der Waals surface area contributed by atoms with Crippen molar-refractivity contribution in [1.82, 2.24) is 0 Å². The summed E-state index contributed by atoms with van der Waals surface area (Å²) in [5, 5.41) is 2.09. The van der Waals surface area contributed by atoms with Crippen molar-refractivity contribution in [3.8, 4) is 68.9 Å². The van der Waals surface area contributed by atoms with E-state index < -0.39 is 0 Å². The fourth-order valence-electron chi connectivity index (χ4n) is 5.40. The second-order valence-corrected chi connectivity index (χ2v) is 13.1. The number of benzene rings is 7. The molecule has 0 N–H and O–H groups in total. The van der Waals surface area contributed by atoms with E-state index in [1.807, 2.05) is 72.8 Å². The van der Waals surface area contributed by atoms with Crippen molar-refractivity contribution in [2.45, 2.75) is 0 Å². The second-order valence-electron chi connectivity index (χ2n) is 11.8. The van der Waals surface area contributed by atoms with Crippen LogP contribution >= 0.6 is 34.8 Å². The molecule has 0 fully saturated rings. The van der Waals surface area contributed by atoms with Crippen LogP contribution in [0.3, 0.4) is 0 Å². The van der Waals surface area contributed by atoms with Gasteiger partial charge in [-0.05, 0) is 161 Å². The third kappa shape index (κ3) is 9.01. The summed E-state index contributed by atoms with van der Waals surface area (Å²) < 4.78 is 0. The van der Waals surface area contributed by atoms with Crippen LogP contribution in [0.15, 0.2) is 164 Å². The Hall–Kier alpha value is -5.91. The van der Waals surface area contributed by atoms with Gasteiger partial charge in [-0.1, -0.05) is 107 Å². The van der Waals surface area contributed by atoms with Gasteiger partial charge in [-0.25, -0.2) is 0 Å². The molecule has 0 saturated carbocycles. The topological polar surface area (TPSA) is 0 Å². The van der Waals surface area contributed by atoms with Crippen molar-refractivity contribution in [3.05, 3.63) is 212 Å². The van der Waals surface area contributed by atoms with Crippen LogP contribution in [0, 0.1) is 35.5 Å². The van der Waals surface area contributed by atoms with Gasteiger partial charge in [-0.15, -0.1) is 0 Å². The van der Waals surface area contributed by atoms with Crippen LogP contribution < -0.4 is 0 Å². The molecule has 0 atom stereocenters. The predicted octanol–water partition coefficient (Wildman–Crippen LogP) is 12.8. The van der Waals surface area contributed by atoms with E-state index >= 15 is 0 Å². The van der Waals surface area contributed by atoms with E-state index in [2.05, 4.69) is 127 Å². The maximum absolute atomic E-state index is 6.03. The smallest absolute Gasteiger partial charge is 0.0406 e. The molecule has 240 valence electrons. The SMILES string of the molecule is Clc1ccc(C#Cc2ccc(-c3cc(-c4ccc(C#Cc5ccc(Cl)cc5)cc4)cc(-c4ccc(C#Cc5ccc(Cl)cc5)cc4)c3)cc2)cc1. The Balaban J connectivity index is 1.20. The van der Waals surface area contributed by atoms with Crippen LogP contribution in [-0.2, 0) is 0 Å². The van der Waals surface area contributed by atoms with E-state index in [1.54, 1.807) is 0 Å². The van der Waals surface area contributed by atoms with E-state index in [9.17, 15) is 0 Å². The Bertz CT molecular complexity index is 2190. The van der Waals surface area contributed by atoms with Gasteiger partial charge in [0, 0.05) is 48.4 Å². The third-order valence-electron chi connectivity index (χ3n) is 8.17. The van der Waals surface area contributed by atoms with Crippen LogP contribution in [0.4, 0.5) is 0 Å². The second kappa shape index (κ2) is 15.8. The van der Waals surface area contributed by atoms with Gasteiger partial charge in [-0.3, -0.25) is 0 Å². The molecule has 0 nitrogen and oxygen atoms in total. The Morgan fingerprint density at radius 1 is 0.216 bits per heavy atom. The lowest BCUT2D eigenvalue weighted by molar-refractivity contribution is 1.54. The van der Waals surface area contributed by atoms with Gasteiger partial charge in [0.1, 0.15) is 0 Å². The molecule has 0 heterocycles. The zero-order valence-corrected chi connectivity index (χ0v) is 29.5. The summed E-state index contributed by atoms with van der Waals surface area (Å²) in [4.78, 5) is 0. The minimum Gasteiger partial charge on any atom is -0.0843 e. The quantitative estimate of drug-likeness (QED) is 0.160. The van der Waals surface area contributed by atoms with E-state index in [4.69, 9.17) is 34.8 Å². The maximum atomic E-state index is 6.03. The highest BCUT2D eigenvalue weighted by molar-refractivity contribution is 6.31. The molecule has 7 aromatic rings. The summed E-state index contributed by atoms with van der Waals surface area (Å²) >= 11 is 18.1. The molecule has 7 rings (SSSR count). The first-order valence-corrected chi connectivity index (χ1v) is 17.4. The molecule has 0 unspecified atom stereocenters. The van der Waals surface area contributed by atoms with Crippen molar-refractivity contribution in [1.29, 1.82) is 0 Å². The first-order valence-electron chi connectivity index (χ1n) is 16.2. The summed E-state index contributed by atoms with van der Waals surface area (Å²) in [6.45, 7) is 0. The van der Waals surface area contributed by atoms with E-state index in [0.29, 0.717) is 15.1 Å². The van der Waals surface area contributed by atoms with Gasteiger partial charge < -0.3 is 0 Å². The summed E-state index contributed by atoms with van der Waals surface area (Å²) in [5.74, 6) is 19.5. The summed E-state index contributed by atoms with van der Waals surface area (Å²) in [7, 11) is 0. The van der Waals surface area contributed by atoms with Crippen LogP contribution in [0.2, 0.25) is 15.1 Å². The van der Waals surface area contributed by atoms with Gasteiger partial charge >= 0.3 is 0 Å². The first-order chi connectivity index (χ1) is 24.9. The fourth-order valence-corrected chi connectivity index (χ4v) is 5.78. The van der Waals surface area contributed by atoms with Gasteiger partial charge in [-0.2, -0.15) is 0 Å². The Kier molecular flexibility index (Phi) is 10.4. The predicted molar refractivity (Wildman–Crippen MR) is 215 cm³/mol. The molecule has 0 spiro atoms.